The summed E-state index contributed by atoms with van der Waals surface area (Å²) in [7, 11) is 1.53. The van der Waals surface area contributed by atoms with E-state index >= 15 is 0 Å². The number of hydrazine groups is 1. The molecule has 2 fully saturated rings. The minimum atomic E-state index is -3.43. The van der Waals surface area contributed by atoms with Crippen LogP contribution in [0.3, 0.4) is 0 Å². The van der Waals surface area contributed by atoms with E-state index in [1.54, 1.807) is 11.9 Å². The average molecular weight is 320 g/mol. The van der Waals surface area contributed by atoms with Gasteiger partial charge in [0.1, 0.15) is 0 Å². The molecule has 0 spiro atoms. The van der Waals surface area contributed by atoms with E-state index in [0.717, 1.165) is 17.9 Å². The third kappa shape index (κ3) is 3.38. The summed E-state index contributed by atoms with van der Waals surface area (Å²) in [6, 6.07) is -0.980. The van der Waals surface area contributed by atoms with Gasteiger partial charge in [-0.05, 0) is 19.8 Å². The molecule has 0 saturated carbocycles. The van der Waals surface area contributed by atoms with Crippen molar-refractivity contribution in [2.45, 2.75) is 50.6 Å². The Balaban J connectivity index is 2.16. The minimum Gasteiger partial charge on any atom is -0.466 e. The summed E-state index contributed by atoms with van der Waals surface area (Å²) in [6.07, 6.45) is 0.705. The number of methoxy groups -OCH3 is 1. The largest absolute Gasteiger partial charge is 0.466 e. The number of esters is 1. The zero-order chi connectivity index (χ0) is 16.3. The predicted octanol–water partition coefficient (Wildman–Crippen LogP) is 1.20. The molecule has 0 bridgehead atoms. The molecule has 0 aliphatic carbocycles. The molecule has 2 atom stereocenters. The van der Waals surface area contributed by atoms with Crippen LogP contribution in [0.4, 0.5) is 8.78 Å². The van der Waals surface area contributed by atoms with Gasteiger partial charge in [0.05, 0.1) is 31.7 Å². The molecule has 2 rings (SSSR count). The number of carbonyl (C=O) groups excluding carboxylic acids is 2. The Morgan fingerprint density at radius 2 is 2.14 bits per heavy atom. The first-order chi connectivity index (χ1) is 10.4. The van der Waals surface area contributed by atoms with Gasteiger partial charge in [-0.25, -0.2) is 5.01 Å². The van der Waals surface area contributed by atoms with Gasteiger partial charge in [-0.1, -0.05) is 0 Å². The van der Waals surface area contributed by atoms with E-state index in [1.807, 2.05) is 0 Å². The summed E-state index contributed by atoms with van der Waals surface area (Å²) in [5.74, 6) is -5.23. The summed E-state index contributed by atoms with van der Waals surface area (Å²) in [5, 5.41) is 2.71. The summed E-state index contributed by atoms with van der Waals surface area (Å²) < 4.78 is 37.6. The van der Waals surface area contributed by atoms with E-state index in [2.05, 4.69) is 0 Å². The van der Waals surface area contributed by atoms with Crippen molar-refractivity contribution in [3.63, 3.8) is 0 Å². The molecule has 0 aromatic rings. The summed E-state index contributed by atoms with van der Waals surface area (Å²) in [5.41, 5.74) is 0. The van der Waals surface area contributed by atoms with Gasteiger partial charge in [0.2, 0.25) is 0 Å². The number of halogens is 2. The lowest BCUT2D eigenvalue weighted by Gasteiger charge is -2.36. The molecule has 1 amide bonds. The molecule has 0 aromatic heterocycles. The van der Waals surface area contributed by atoms with Crippen molar-refractivity contribution >= 4 is 11.9 Å². The number of carbonyl (C=O) groups is 2. The topological polar surface area (TPSA) is 59.1 Å². The lowest BCUT2D eigenvalue weighted by molar-refractivity contribution is -0.167. The Morgan fingerprint density at radius 3 is 2.77 bits per heavy atom. The smallest absolute Gasteiger partial charge is 0.328 e. The normalized spacial score (nSPS) is 28.4. The Labute approximate surface area is 128 Å². The van der Waals surface area contributed by atoms with Crippen molar-refractivity contribution in [1.82, 2.24) is 10.0 Å². The number of alkyl halides is 2. The predicted molar refractivity (Wildman–Crippen MR) is 73.1 cm³/mol. The van der Waals surface area contributed by atoms with E-state index < -0.39 is 30.3 Å². The molecule has 2 heterocycles. The number of amides is 1. The van der Waals surface area contributed by atoms with Gasteiger partial charge >= 0.3 is 17.8 Å². The van der Waals surface area contributed by atoms with Crippen molar-refractivity contribution in [1.29, 1.82) is 0 Å². The molecule has 0 aromatic carbocycles. The first-order valence-electron chi connectivity index (χ1n) is 7.53. The van der Waals surface area contributed by atoms with E-state index in [9.17, 15) is 18.4 Å². The highest BCUT2D eigenvalue weighted by molar-refractivity contribution is 5.86. The van der Waals surface area contributed by atoms with Gasteiger partial charge in [-0.2, -0.15) is 8.78 Å². The molecule has 0 N–H and O–H groups in total. The number of ether oxygens (including phenoxy) is 2. The SMILES string of the molecule is CCOC(=O)CC1CC(F)(F)C(=O)N1N1CCC[C@H]1COC. The fourth-order valence-corrected chi connectivity index (χ4v) is 3.17. The number of nitrogens with zero attached hydrogens (tertiary/aromatic N) is 2. The summed E-state index contributed by atoms with van der Waals surface area (Å²) >= 11 is 0. The van der Waals surface area contributed by atoms with Crippen LogP contribution in [0.1, 0.15) is 32.6 Å². The third-order valence-corrected chi connectivity index (χ3v) is 4.05. The molecule has 22 heavy (non-hydrogen) atoms. The molecular formula is C14H22F2N2O4. The van der Waals surface area contributed by atoms with Crippen LogP contribution >= 0.6 is 0 Å². The van der Waals surface area contributed by atoms with Crippen LogP contribution < -0.4 is 0 Å². The van der Waals surface area contributed by atoms with Gasteiger partial charge in [-0.3, -0.25) is 14.6 Å². The number of rotatable bonds is 6. The van der Waals surface area contributed by atoms with Crippen LogP contribution in [-0.4, -0.2) is 66.8 Å². The maximum atomic E-state index is 13.8. The highest BCUT2D eigenvalue weighted by Gasteiger charge is 2.57. The van der Waals surface area contributed by atoms with Crippen LogP contribution in [0.5, 0.6) is 0 Å². The zero-order valence-electron chi connectivity index (χ0n) is 12.9. The second-order valence-electron chi connectivity index (χ2n) is 5.64. The standard InChI is InChI=1S/C14H22F2N2O4/c1-3-22-12(19)7-11-8-14(15,16)13(20)18(11)17-6-4-5-10(17)9-21-2/h10-11H,3-9H2,1-2H3/t10-,11?/m0/s1. The monoisotopic (exact) mass is 320 g/mol. The van der Waals surface area contributed by atoms with E-state index in [0.29, 0.717) is 13.2 Å². The van der Waals surface area contributed by atoms with Gasteiger partial charge in [-0.15, -0.1) is 0 Å². The van der Waals surface area contributed by atoms with Crippen LogP contribution in [-0.2, 0) is 19.1 Å². The fraction of sp³-hybridized carbons (Fsp3) is 0.857. The highest BCUT2D eigenvalue weighted by atomic mass is 19.3. The summed E-state index contributed by atoms with van der Waals surface area (Å²) in [4.78, 5) is 23.7. The van der Waals surface area contributed by atoms with Crippen molar-refractivity contribution in [2.75, 3.05) is 26.9 Å². The second kappa shape index (κ2) is 6.87. The number of hydrogen-bond acceptors (Lipinski definition) is 5. The van der Waals surface area contributed by atoms with Crippen molar-refractivity contribution in [2.24, 2.45) is 0 Å². The fourth-order valence-electron chi connectivity index (χ4n) is 3.17. The molecule has 2 aliphatic rings. The maximum Gasteiger partial charge on any atom is 0.328 e. The van der Waals surface area contributed by atoms with Crippen LogP contribution in [0.25, 0.3) is 0 Å². The molecule has 8 heteroatoms. The van der Waals surface area contributed by atoms with Gasteiger partial charge in [0.25, 0.3) is 0 Å². The molecule has 6 nitrogen and oxygen atoms in total. The first kappa shape index (κ1) is 17.1. The Morgan fingerprint density at radius 1 is 1.41 bits per heavy atom. The third-order valence-electron chi connectivity index (χ3n) is 4.05. The van der Waals surface area contributed by atoms with E-state index in [4.69, 9.17) is 9.47 Å². The zero-order valence-corrected chi connectivity index (χ0v) is 12.9. The van der Waals surface area contributed by atoms with Gasteiger partial charge in [0, 0.05) is 20.1 Å². The minimum absolute atomic E-state index is 0.118. The van der Waals surface area contributed by atoms with E-state index in [1.165, 1.54) is 7.11 Å². The Hall–Kier alpha value is -1.28. The lowest BCUT2D eigenvalue weighted by Crippen LogP contribution is -2.53. The quantitative estimate of drug-likeness (QED) is 0.688. The van der Waals surface area contributed by atoms with Crippen LogP contribution in [0, 0.1) is 0 Å². The van der Waals surface area contributed by atoms with Gasteiger partial charge < -0.3 is 9.47 Å². The van der Waals surface area contributed by atoms with Crippen molar-refractivity contribution < 1.29 is 27.8 Å². The molecular weight excluding hydrogens is 298 g/mol. The molecule has 2 aliphatic heterocycles. The maximum absolute atomic E-state index is 13.8. The molecule has 126 valence electrons. The summed E-state index contributed by atoms with van der Waals surface area (Å²) in [6.45, 7) is 2.71. The molecule has 2 saturated heterocycles. The van der Waals surface area contributed by atoms with Crippen LogP contribution in [0.15, 0.2) is 0 Å². The first-order valence-corrected chi connectivity index (χ1v) is 7.53. The number of hydrogen-bond donors (Lipinski definition) is 0. The highest BCUT2D eigenvalue weighted by Crippen LogP contribution is 2.38. The van der Waals surface area contributed by atoms with Crippen LogP contribution in [0.2, 0.25) is 0 Å². The van der Waals surface area contributed by atoms with Crippen molar-refractivity contribution in [3.8, 4) is 0 Å². The molecule has 1 unspecified atom stereocenters. The second-order valence-corrected chi connectivity index (χ2v) is 5.64. The lowest BCUT2D eigenvalue weighted by atomic mass is 10.1. The van der Waals surface area contributed by atoms with Crippen molar-refractivity contribution in [3.05, 3.63) is 0 Å². The average Bonchev–Trinajstić information content (AvgIpc) is 2.94. The Kier molecular flexibility index (Phi) is 5.33. The molecule has 0 radical (unpaired) electrons. The van der Waals surface area contributed by atoms with Gasteiger partial charge in [0.15, 0.2) is 0 Å². The Bertz CT molecular complexity index is 433. The van der Waals surface area contributed by atoms with E-state index in [-0.39, 0.29) is 19.1 Å².